The second-order valence-electron chi connectivity index (χ2n) is 5.56. The van der Waals surface area contributed by atoms with E-state index in [-0.39, 0.29) is 11.6 Å². The van der Waals surface area contributed by atoms with Crippen molar-refractivity contribution in [2.45, 2.75) is 19.9 Å². The van der Waals surface area contributed by atoms with E-state index in [4.69, 9.17) is 5.73 Å². The highest BCUT2D eigenvalue weighted by Crippen LogP contribution is 2.29. The Hall–Kier alpha value is -2.29. The zero-order valence-electron chi connectivity index (χ0n) is 13.3. The summed E-state index contributed by atoms with van der Waals surface area (Å²) < 4.78 is 2.04. The summed E-state index contributed by atoms with van der Waals surface area (Å²) in [6, 6.07) is 12.8. The van der Waals surface area contributed by atoms with Gasteiger partial charge in [-0.1, -0.05) is 30.3 Å². The summed E-state index contributed by atoms with van der Waals surface area (Å²) in [6.45, 7) is 3.82. The first-order valence-corrected chi connectivity index (χ1v) is 8.54. The molecule has 0 aliphatic rings. The van der Waals surface area contributed by atoms with E-state index in [2.05, 4.69) is 15.1 Å². The minimum Gasteiger partial charge on any atom is -0.381 e. The van der Waals surface area contributed by atoms with Gasteiger partial charge in [0.1, 0.15) is 20.8 Å². The molecule has 7 heteroatoms. The van der Waals surface area contributed by atoms with E-state index in [1.54, 1.807) is 6.07 Å². The highest BCUT2D eigenvalue weighted by atomic mass is 127. The Morgan fingerprint density at radius 1 is 1.04 bits per heavy atom. The van der Waals surface area contributed by atoms with Gasteiger partial charge in [0, 0.05) is 11.6 Å². The molecule has 3 aromatic rings. The molecule has 2 N–H and O–H groups in total. The normalized spacial score (nSPS) is 11.0. The molecule has 0 saturated carbocycles. The minimum absolute atomic E-state index is 0.0431. The predicted octanol–water partition coefficient (Wildman–Crippen LogP) is 3.14. The monoisotopic (exact) mass is 433 g/mol. The van der Waals surface area contributed by atoms with Crippen molar-refractivity contribution in [3.8, 4) is 22.6 Å². The van der Waals surface area contributed by atoms with E-state index >= 15 is 0 Å². The van der Waals surface area contributed by atoms with Crippen LogP contribution in [0.25, 0.3) is 22.6 Å². The van der Waals surface area contributed by atoms with Gasteiger partial charge in [-0.05, 0) is 42.5 Å². The van der Waals surface area contributed by atoms with Gasteiger partial charge in [-0.15, -0.1) is 0 Å². The number of rotatable bonds is 3. The molecule has 0 amide bonds. The summed E-state index contributed by atoms with van der Waals surface area (Å²) in [6.07, 6.45) is 0. The summed E-state index contributed by atoms with van der Waals surface area (Å²) in [5, 5.41) is 4.46. The van der Waals surface area contributed by atoms with Crippen LogP contribution in [0.3, 0.4) is 0 Å². The van der Waals surface area contributed by atoms with Crippen molar-refractivity contribution >= 4 is 28.4 Å². The zero-order chi connectivity index (χ0) is 17.3. The number of nitrogen functional groups attached to an aromatic ring is 1. The summed E-state index contributed by atoms with van der Waals surface area (Å²) in [4.78, 5) is 21.0. The van der Waals surface area contributed by atoms with E-state index in [1.165, 1.54) is 10.7 Å². The number of halogens is 1. The Kier molecular flexibility index (Phi) is 4.61. The van der Waals surface area contributed by atoms with E-state index in [9.17, 15) is 4.79 Å². The van der Waals surface area contributed by atoms with Gasteiger partial charge in [0.2, 0.25) is 0 Å². The lowest BCUT2D eigenvalue weighted by atomic mass is 10.1. The average molecular weight is 433 g/mol. The van der Waals surface area contributed by atoms with Crippen LogP contribution in [0.2, 0.25) is 0 Å². The standard InChI is InChI=1S/C17H16IN5O/c1-10(2)23-13(24)9-8-12(22-23)15-14(11-6-4-3-5-7-11)21-17(19)16(18)20-15/h3-10H,1-2H3,(H2,19,21). The highest BCUT2D eigenvalue weighted by molar-refractivity contribution is 14.1. The van der Waals surface area contributed by atoms with Crippen molar-refractivity contribution in [3.05, 3.63) is 56.5 Å². The van der Waals surface area contributed by atoms with Crippen LogP contribution < -0.4 is 11.3 Å². The van der Waals surface area contributed by atoms with Gasteiger partial charge in [0.05, 0.1) is 6.04 Å². The molecule has 0 aliphatic heterocycles. The van der Waals surface area contributed by atoms with E-state index in [1.807, 2.05) is 66.8 Å². The largest absolute Gasteiger partial charge is 0.381 e. The molecule has 24 heavy (non-hydrogen) atoms. The zero-order valence-corrected chi connectivity index (χ0v) is 15.4. The van der Waals surface area contributed by atoms with E-state index in [0.29, 0.717) is 26.6 Å². The number of nitrogens with zero attached hydrogens (tertiary/aromatic N) is 4. The first-order valence-electron chi connectivity index (χ1n) is 7.46. The molecule has 0 atom stereocenters. The van der Waals surface area contributed by atoms with E-state index < -0.39 is 0 Å². The highest BCUT2D eigenvalue weighted by Gasteiger charge is 2.16. The van der Waals surface area contributed by atoms with Gasteiger partial charge < -0.3 is 5.73 Å². The first-order chi connectivity index (χ1) is 11.5. The number of hydrogen-bond donors (Lipinski definition) is 1. The number of benzene rings is 1. The lowest BCUT2D eigenvalue weighted by Crippen LogP contribution is -2.24. The number of aromatic nitrogens is 4. The molecule has 0 bridgehead atoms. The third kappa shape index (κ3) is 3.16. The van der Waals surface area contributed by atoms with Crippen LogP contribution >= 0.6 is 22.6 Å². The molecule has 2 heterocycles. The fraction of sp³-hybridized carbons (Fsp3) is 0.176. The summed E-state index contributed by atoms with van der Waals surface area (Å²) >= 11 is 2.05. The Balaban J connectivity index is 2.27. The second-order valence-corrected chi connectivity index (χ2v) is 6.58. The second kappa shape index (κ2) is 6.68. The third-order valence-corrected chi connectivity index (χ3v) is 4.28. The molecular formula is C17H16IN5O. The number of hydrogen-bond acceptors (Lipinski definition) is 5. The van der Waals surface area contributed by atoms with Crippen LogP contribution in [0.5, 0.6) is 0 Å². The molecular weight excluding hydrogens is 417 g/mol. The van der Waals surface area contributed by atoms with Crippen LogP contribution in [0.1, 0.15) is 19.9 Å². The van der Waals surface area contributed by atoms with Crippen LogP contribution in [-0.2, 0) is 0 Å². The van der Waals surface area contributed by atoms with Gasteiger partial charge in [-0.3, -0.25) is 4.79 Å². The fourth-order valence-electron chi connectivity index (χ4n) is 2.33. The van der Waals surface area contributed by atoms with Gasteiger partial charge in [-0.25, -0.2) is 14.6 Å². The minimum atomic E-state index is -0.145. The molecule has 0 aliphatic carbocycles. The lowest BCUT2D eigenvalue weighted by molar-refractivity contribution is 0.504. The average Bonchev–Trinajstić information content (AvgIpc) is 2.58. The lowest BCUT2D eigenvalue weighted by Gasteiger charge is -2.13. The molecule has 0 fully saturated rings. The summed E-state index contributed by atoms with van der Waals surface area (Å²) in [5.41, 5.74) is 8.54. The fourth-order valence-corrected chi connectivity index (χ4v) is 2.69. The third-order valence-electron chi connectivity index (χ3n) is 3.48. The van der Waals surface area contributed by atoms with Gasteiger partial charge in [-0.2, -0.15) is 5.10 Å². The molecule has 0 unspecified atom stereocenters. The molecule has 6 nitrogen and oxygen atoms in total. The maximum Gasteiger partial charge on any atom is 0.267 e. The van der Waals surface area contributed by atoms with Crippen molar-refractivity contribution in [1.82, 2.24) is 19.7 Å². The van der Waals surface area contributed by atoms with Crippen LogP contribution in [-0.4, -0.2) is 19.7 Å². The van der Waals surface area contributed by atoms with Gasteiger partial charge >= 0.3 is 0 Å². The molecule has 0 radical (unpaired) electrons. The predicted molar refractivity (Wildman–Crippen MR) is 102 cm³/mol. The Morgan fingerprint density at radius 2 is 1.75 bits per heavy atom. The molecule has 1 aromatic carbocycles. The van der Waals surface area contributed by atoms with Crippen molar-refractivity contribution in [2.75, 3.05) is 5.73 Å². The van der Waals surface area contributed by atoms with Crippen molar-refractivity contribution in [2.24, 2.45) is 0 Å². The van der Waals surface area contributed by atoms with E-state index in [0.717, 1.165) is 5.56 Å². The SMILES string of the molecule is CC(C)n1nc(-c2nc(I)c(N)nc2-c2ccccc2)ccc1=O. The van der Waals surface area contributed by atoms with Crippen molar-refractivity contribution in [1.29, 1.82) is 0 Å². The Labute approximate surface area is 152 Å². The number of nitrogens with two attached hydrogens (primary N) is 1. The smallest absolute Gasteiger partial charge is 0.267 e. The van der Waals surface area contributed by atoms with Gasteiger partial charge in [0.25, 0.3) is 5.56 Å². The maximum absolute atomic E-state index is 12.0. The first kappa shape index (κ1) is 16.6. The van der Waals surface area contributed by atoms with Crippen molar-refractivity contribution < 1.29 is 0 Å². The Bertz CT molecular complexity index is 937. The van der Waals surface area contributed by atoms with Crippen LogP contribution in [0.15, 0.2) is 47.3 Å². The molecule has 122 valence electrons. The topological polar surface area (TPSA) is 86.7 Å². The molecule has 2 aromatic heterocycles. The maximum atomic E-state index is 12.0. The Morgan fingerprint density at radius 3 is 2.42 bits per heavy atom. The molecule has 0 saturated heterocycles. The van der Waals surface area contributed by atoms with Crippen LogP contribution in [0, 0.1) is 3.70 Å². The summed E-state index contributed by atoms with van der Waals surface area (Å²) in [5.74, 6) is 0.371. The molecule has 3 rings (SSSR count). The van der Waals surface area contributed by atoms with Crippen LogP contribution in [0.4, 0.5) is 5.82 Å². The number of anilines is 1. The summed E-state index contributed by atoms with van der Waals surface area (Å²) in [7, 11) is 0. The quantitative estimate of drug-likeness (QED) is 0.642. The molecule has 0 spiro atoms. The van der Waals surface area contributed by atoms with Gasteiger partial charge in [0.15, 0.2) is 5.82 Å². The van der Waals surface area contributed by atoms with Crippen molar-refractivity contribution in [3.63, 3.8) is 0 Å².